The van der Waals surface area contributed by atoms with Crippen molar-refractivity contribution in [2.24, 2.45) is 0 Å². The quantitative estimate of drug-likeness (QED) is 0.399. The molecular formula is C27H25FN2O3. The lowest BCUT2D eigenvalue weighted by atomic mass is 10.0. The first kappa shape index (κ1) is 22.3. The van der Waals surface area contributed by atoms with Crippen molar-refractivity contribution in [2.75, 3.05) is 12.0 Å². The van der Waals surface area contributed by atoms with E-state index in [9.17, 15) is 14.0 Å². The van der Waals surface area contributed by atoms with Crippen molar-refractivity contribution in [2.45, 2.75) is 27.7 Å². The summed E-state index contributed by atoms with van der Waals surface area (Å²) in [6, 6.07) is 16.1. The highest BCUT2D eigenvalue weighted by Gasteiger charge is 2.39. The van der Waals surface area contributed by atoms with Gasteiger partial charge < -0.3 is 9.30 Å². The SMILES string of the molecule is COC(=O)C1=C(C)N(c2ccccc2F)C(=O)/C1=C\c1cc(C)n(-c2cccc(C)c2)c1C. The topological polar surface area (TPSA) is 51.5 Å². The van der Waals surface area contributed by atoms with Crippen LogP contribution in [0.1, 0.15) is 29.4 Å². The second-order valence-electron chi connectivity index (χ2n) is 8.10. The van der Waals surface area contributed by atoms with Gasteiger partial charge in [0.05, 0.1) is 23.9 Å². The Morgan fingerprint density at radius 2 is 1.73 bits per heavy atom. The minimum Gasteiger partial charge on any atom is -0.465 e. The van der Waals surface area contributed by atoms with Gasteiger partial charge in [-0.05, 0) is 75.2 Å². The minimum absolute atomic E-state index is 0.0926. The summed E-state index contributed by atoms with van der Waals surface area (Å²) in [5.74, 6) is -1.66. The van der Waals surface area contributed by atoms with Gasteiger partial charge in [-0.25, -0.2) is 9.18 Å². The maximum atomic E-state index is 14.5. The van der Waals surface area contributed by atoms with Crippen LogP contribution < -0.4 is 4.90 Å². The van der Waals surface area contributed by atoms with Crippen molar-refractivity contribution in [1.82, 2.24) is 4.57 Å². The highest BCUT2D eigenvalue weighted by atomic mass is 19.1. The van der Waals surface area contributed by atoms with E-state index in [1.807, 2.05) is 45.0 Å². The molecule has 33 heavy (non-hydrogen) atoms. The average molecular weight is 445 g/mol. The van der Waals surface area contributed by atoms with Crippen molar-refractivity contribution in [3.8, 4) is 5.69 Å². The Morgan fingerprint density at radius 1 is 1.00 bits per heavy atom. The number of methoxy groups -OCH3 is 1. The third kappa shape index (κ3) is 3.78. The lowest BCUT2D eigenvalue weighted by Crippen LogP contribution is -2.25. The third-order valence-corrected chi connectivity index (χ3v) is 5.91. The van der Waals surface area contributed by atoms with Crippen molar-refractivity contribution in [3.63, 3.8) is 0 Å². The smallest absolute Gasteiger partial charge is 0.340 e. The number of rotatable bonds is 4. The van der Waals surface area contributed by atoms with Crippen molar-refractivity contribution in [3.05, 3.63) is 99.8 Å². The van der Waals surface area contributed by atoms with Crippen LogP contribution in [0.25, 0.3) is 11.8 Å². The number of aryl methyl sites for hydroxylation is 2. The number of para-hydroxylation sites is 1. The number of hydrogen-bond donors (Lipinski definition) is 0. The number of carbonyl (C=O) groups excluding carboxylic acids is 2. The molecule has 2 aromatic carbocycles. The molecular weight excluding hydrogens is 419 g/mol. The predicted octanol–water partition coefficient (Wildman–Crippen LogP) is 5.42. The van der Waals surface area contributed by atoms with Crippen LogP contribution in [0.5, 0.6) is 0 Å². The molecule has 0 radical (unpaired) electrons. The van der Waals surface area contributed by atoms with Crippen LogP contribution >= 0.6 is 0 Å². The fourth-order valence-corrected chi connectivity index (χ4v) is 4.36. The van der Waals surface area contributed by atoms with Gasteiger partial charge in [0, 0.05) is 22.8 Å². The highest BCUT2D eigenvalue weighted by Crippen LogP contribution is 2.37. The van der Waals surface area contributed by atoms with Gasteiger partial charge in [0.1, 0.15) is 5.82 Å². The zero-order chi connectivity index (χ0) is 23.9. The molecule has 0 bridgehead atoms. The number of aromatic nitrogens is 1. The molecule has 0 spiro atoms. The fourth-order valence-electron chi connectivity index (χ4n) is 4.36. The molecule has 1 aromatic heterocycles. The lowest BCUT2D eigenvalue weighted by Gasteiger charge is -2.18. The second-order valence-corrected chi connectivity index (χ2v) is 8.10. The van der Waals surface area contributed by atoms with Crippen LogP contribution in [-0.4, -0.2) is 23.6 Å². The van der Waals surface area contributed by atoms with Crippen LogP contribution in [-0.2, 0) is 14.3 Å². The number of allylic oxidation sites excluding steroid dienone is 1. The number of benzene rings is 2. The number of carbonyl (C=O) groups is 2. The first-order valence-corrected chi connectivity index (χ1v) is 10.6. The van der Waals surface area contributed by atoms with Crippen LogP contribution in [0, 0.1) is 26.6 Å². The van der Waals surface area contributed by atoms with E-state index >= 15 is 0 Å². The molecule has 0 fully saturated rings. The van der Waals surface area contributed by atoms with Crippen molar-refractivity contribution in [1.29, 1.82) is 0 Å². The van der Waals surface area contributed by atoms with Crippen LogP contribution in [0.2, 0.25) is 0 Å². The maximum Gasteiger partial charge on any atom is 0.340 e. The molecule has 1 aliphatic rings. The Balaban J connectivity index is 1.87. The Hall–Kier alpha value is -3.93. The summed E-state index contributed by atoms with van der Waals surface area (Å²) >= 11 is 0. The summed E-state index contributed by atoms with van der Waals surface area (Å²) in [5, 5.41) is 0. The first-order chi connectivity index (χ1) is 15.7. The number of ether oxygens (including phenoxy) is 1. The molecule has 0 N–H and O–H groups in total. The third-order valence-electron chi connectivity index (χ3n) is 5.91. The number of esters is 1. The molecule has 1 aliphatic heterocycles. The highest BCUT2D eigenvalue weighted by molar-refractivity contribution is 6.23. The summed E-state index contributed by atoms with van der Waals surface area (Å²) in [5.41, 5.74) is 5.58. The van der Waals surface area contributed by atoms with Crippen LogP contribution in [0.3, 0.4) is 0 Å². The van der Waals surface area contributed by atoms with Gasteiger partial charge in [-0.15, -0.1) is 0 Å². The van der Waals surface area contributed by atoms with E-state index in [0.717, 1.165) is 28.2 Å². The lowest BCUT2D eigenvalue weighted by molar-refractivity contribution is -0.136. The number of hydrogen-bond acceptors (Lipinski definition) is 3. The molecule has 0 aliphatic carbocycles. The Labute approximate surface area is 192 Å². The molecule has 2 heterocycles. The monoisotopic (exact) mass is 444 g/mol. The molecule has 0 unspecified atom stereocenters. The Morgan fingerprint density at radius 3 is 2.39 bits per heavy atom. The van der Waals surface area contributed by atoms with Gasteiger partial charge in [0.15, 0.2) is 0 Å². The van der Waals surface area contributed by atoms with E-state index < -0.39 is 17.7 Å². The average Bonchev–Trinajstić information content (AvgIpc) is 3.20. The Bertz CT molecular complexity index is 1350. The summed E-state index contributed by atoms with van der Waals surface area (Å²) in [4.78, 5) is 27.3. The number of halogens is 1. The number of anilines is 1. The largest absolute Gasteiger partial charge is 0.465 e. The zero-order valence-corrected chi connectivity index (χ0v) is 19.3. The summed E-state index contributed by atoms with van der Waals surface area (Å²) in [6.45, 7) is 7.60. The van der Waals surface area contributed by atoms with E-state index in [0.29, 0.717) is 5.70 Å². The standard InChI is InChI=1S/C27H25FN2O3/c1-16-9-8-10-21(13-16)29-17(2)14-20(18(29)3)15-22-25(27(32)33-5)19(4)30(26(22)31)24-12-7-6-11-23(24)28/h6-15H,1-5H3/b22-15-. The second kappa shape index (κ2) is 8.54. The molecule has 3 aromatic rings. The molecule has 0 atom stereocenters. The summed E-state index contributed by atoms with van der Waals surface area (Å²) in [7, 11) is 1.26. The van der Waals surface area contributed by atoms with Crippen molar-refractivity contribution >= 4 is 23.6 Å². The molecule has 4 rings (SSSR count). The van der Waals surface area contributed by atoms with E-state index in [-0.39, 0.29) is 16.8 Å². The molecule has 0 saturated carbocycles. The van der Waals surface area contributed by atoms with Gasteiger partial charge in [-0.1, -0.05) is 24.3 Å². The zero-order valence-electron chi connectivity index (χ0n) is 19.3. The minimum atomic E-state index is -0.640. The van der Waals surface area contributed by atoms with E-state index in [2.05, 4.69) is 10.6 Å². The van der Waals surface area contributed by atoms with E-state index in [1.165, 1.54) is 24.1 Å². The number of amides is 1. The fraction of sp³-hybridized carbons (Fsp3) is 0.185. The maximum absolute atomic E-state index is 14.5. The van der Waals surface area contributed by atoms with Gasteiger partial charge >= 0.3 is 5.97 Å². The van der Waals surface area contributed by atoms with Crippen molar-refractivity contribution < 1.29 is 18.7 Å². The van der Waals surface area contributed by atoms with Crippen LogP contribution in [0.4, 0.5) is 10.1 Å². The summed E-state index contributed by atoms with van der Waals surface area (Å²) < 4.78 is 21.6. The molecule has 168 valence electrons. The predicted molar refractivity (Wildman–Crippen MR) is 127 cm³/mol. The normalized spacial score (nSPS) is 15.0. The first-order valence-electron chi connectivity index (χ1n) is 10.6. The van der Waals surface area contributed by atoms with Gasteiger partial charge in [-0.3, -0.25) is 9.69 Å². The number of nitrogens with zero attached hydrogens (tertiary/aromatic N) is 2. The van der Waals surface area contributed by atoms with E-state index in [1.54, 1.807) is 25.1 Å². The molecule has 0 saturated heterocycles. The van der Waals surface area contributed by atoms with Crippen LogP contribution in [0.15, 0.2) is 71.4 Å². The van der Waals surface area contributed by atoms with E-state index in [4.69, 9.17) is 4.74 Å². The van der Waals surface area contributed by atoms with Gasteiger partial charge in [0.25, 0.3) is 5.91 Å². The van der Waals surface area contributed by atoms with Gasteiger partial charge in [0.2, 0.25) is 0 Å². The van der Waals surface area contributed by atoms with Gasteiger partial charge in [-0.2, -0.15) is 0 Å². The Kier molecular flexibility index (Phi) is 5.77. The molecule has 5 nitrogen and oxygen atoms in total. The molecule has 1 amide bonds. The summed E-state index contributed by atoms with van der Waals surface area (Å²) in [6.07, 6.45) is 1.69. The molecule has 6 heteroatoms.